The number of aromatic amines is 1. The van der Waals surface area contributed by atoms with E-state index in [1.165, 1.54) is 18.4 Å². The molecule has 3 rings (SSSR count). The summed E-state index contributed by atoms with van der Waals surface area (Å²) in [5.74, 6) is -0.0425. The Morgan fingerprint density at radius 1 is 1.32 bits per heavy atom. The summed E-state index contributed by atoms with van der Waals surface area (Å²) < 4.78 is 18.2. The van der Waals surface area contributed by atoms with Crippen LogP contribution in [0.1, 0.15) is 21.6 Å². The van der Waals surface area contributed by atoms with Gasteiger partial charge in [0.05, 0.1) is 11.8 Å². The lowest BCUT2D eigenvalue weighted by Crippen LogP contribution is -2.23. The average molecular weight is 299 g/mol. The molecule has 1 aromatic carbocycles. The van der Waals surface area contributed by atoms with Crippen molar-refractivity contribution in [2.45, 2.75) is 13.5 Å². The fourth-order valence-corrected chi connectivity index (χ4v) is 2.17. The summed E-state index contributed by atoms with van der Waals surface area (Å²) in [5, 5.41) is 9.71. The minimum Gasteiger partial charge on any atom is -0.463 e. The summed E-state index contributed by atoms with van der Waals surface area (Å²) in [5.41, 5.74) is 2.38. The average Bonchev–Trinajstić information content (AvgIpc) is 3.15. The summed E-state index contributed by atoms with van der Waals surface area (Å²) in [4.78, 5) is 12.4. The smallest absolute Gasteiger partial charge is 0.255 e. The van der Waals surface area contributed by atoms with Crippen molar-refractivity contribution in [1.29, 1.82) is 0 Å². The van der Waals surface area contributed by atoms with Crippen molar-refractivity contribution in [3.05, 3.63) is 65.3 Å². The quantitative estimate of drug-likeness (QED) is 0.778. The number of halogens is 1. The molecule has 3 aromatic rings. The van der Waals surface area contributed by atoms with Gasteiger partial charge in [0.2, 0.25) is 0 Å². The second-order valence-corrected chi connectivity index (χ2v) is 4.86. The fraction of sp³-hybridized carbons (Fsp3) is 0.125. The molecule has 0 atom stereocenters. The van der Waals surface area contributed by atoms with Crippen LogP contribution in [-0.4, -0.2) is 16.1 Å². The molecular formula is C16H14FN3O2. The molecule has 0 aliphatic rings. The molecule has 0 radical (unpaired) electrons. The van der Waals surface area contributed by atoms with Crippen LogP contribution in [0.4, 0.5) is 4.39 Å². The zero-order chi connectivity index (χ0) is 15.5. The number of amides is 1. The van der Waals surface area contributed by atoms with E-state index in [4.69, 9.17) is 4.42 Å². The van der Waals surface area contributed by atoms with Crippen LogP contribution in [0.5, 0.6) is 0 Å². The molecule has 2 heterocycles. The first-order valence-electron chi connectivity index (χ1n) is 6.76. The number of nitrogens with one attached hydrogen (secondary N) is 2. The first-order chi connectivity index (χ1) is 10.6. The molecule has 0 saturated carbocycles. The summed E-state index contributed by atoms with van der Waals surface area (Å²) in [6.07, 6.45) is 1.53. The molecule has 2 N–H and O–H groups in total. The predicted molar refractivity (Wildman–Crippen MR) is 78.6 cm³/mol. The topological polar surface area (TPSA) is 70.9 Å². The second kappa shape index (κ2) is 5.85. The van der Waals surface area contributed by atoms with Crippen LogP contribution < -0.4 is 5.32 Å². The van der Waals surface area contributed by atoms with Gasteiger partial charge in [0.15, 0.2) is 5.76 Å². The summed E-state index contributed by atoms with van der Waals surface area (Å²) >= 11 is 0. The van der Waals surface area contributed by atoms with Crippen molar-refractivity contribution in [3.8, 4) is 11.5 Å². The summed E-state index contributed by atoms with van der Waals surface area (Å²) in [6, 6.07) is 9.46. The SMILES string of the molecule is Cc1[nH]nc(-c2ccco2)c1C(=O)NCc1ccc(F)cc1. The Hall–Kier alpha value is -2.89. The van der Waals surface area contributed by atoms with Gasteiger partial charge in [-0.1, -0.05) is 12.1 Å². The number of carbonyl (C=O) groups is 1. The zero-order valence-electron chi connectivity index (χ0n) is 11.9. The number of H-pyrrole nitrogens is 1. The molecule has 22 heavy (non-hydrogen) atoms. The minimum atomic E-state index is -0.305. The van der Waals surface area contributed by atoms with E-state index in [9.17, 15) is 9.18 Å². The normalized spacial score (nSPS) is 10.6. The van der Waals surface area contributed by atoms with Crippen LogP contribution in [-0.2, 0) is 6.54 Å². The minimum absolute atomic E-state index is 0.262. The Morgan fingerprint density at radius 3 is 2.77 bits per heavy atom. The van der Waals surface area contributed by atoms with Crippen molar-refractivity contribution in [2.24, 2.45) is 0 Å². The zero-order valence-corrected chi connectivity index (χ0v) is 11.9. The van der Waals surface area contributed by atoms with E-state index in [0.717, 1.165) is 5.56 Å². The van der Waals surface area contributed by atoms with Gasteiger partial charge in [-0.15, -0.1) is 0 Å². The fourth-order valence-electron chi connectivity index (χ4n) is 2.17. The molecule has 112 valence electrons. The molecule has 2 aromatic heterocycles. The third kappa shape index (κ3) is 2.76. The van der Waals surface area contributed by atoms with Crippen LogP contribution in [0.15, 0.2) is 47.1 Å². The third-order valence-electron chi connectivity index (χ3n) is 3.30. The van der Waals surface area contributed by atoms with Gasteiger partial charge in [0.1, 0.15) is 11.5 Å². The molecule has 0 saturated heterocycles. The number of hydrogen-bond donors (Lipinski definition) is 2. The number of benzene rings is 1. The van der Waals surface area contributed by atoms with Crippen molar-refractivity contribution >= 4 is 5.91 Å². The standard InChI is InChI=1S/C16H14FN3O2/c1-10-14(15(20-19-10)13-3-2-8-22-13)16(21)18-9-11-4-6-12(17)7-5-11/h2-8H,9H2,1H3,(H,18,21)(H,19,20). The van der Waals surface area contributed by atoms with Gasteiger partial charge >= 0.3 is 0 Å². The Morgan fingerprint density at radius 2 is 2.09 bits per heavy atom. The van der Waals surface area contributed by atoms with Gasteiger partial charge < -0.3 is 9.73 Å². The number of carbonyl (C=O) groups excluding carboxylic acids is 1. The van der Waals surface area contributed by atoms with Crippen LogP contribution in [0.25, 0.3) is 11.5 Å². The molecule has 0 fully saturated rings. The molecule has 0 bridgehead atoms. The number of aromatic nitrogens is 2. The molecule has 5 nitrogen and oxygen atoms in total. The molecule has 0 unspecified atom stereocenters. The molecule has 6 heteroatoms. The van der Waals surface area contributed by atoms with E-state index in [0.29, 0.717) is 29.3 Å². The molecule has 0 spiro atoms. The lowest BCUT2D eigenvalue weighted by molar-refractivity contribution is 0.0951. The van der Waals surface area contributed by atoms with E-state index in [1.807, 2.05) is 0 Å². The number of furan rings is 1. The van der Waals surface area contributed by atoms with E-state index in [2.05, 4.69) is 15.5 Å². The first kappa shape index (κ1) is 14.1. The maximum Gasteiger partial charge on any atom is 0.255 e. The highest BCUT2D eigenvalue weighted by Crippen LogP contribution is 2.23. The lowest BCUT2D eigenvalue weighted by Gasteiger charge is -2.06. The predicted octanol–water partition coefficient (Wildman–Crippen LogP) is 3.05. The van der Waals surface area contributed by atoms with E-state index >= 15 is 0 Å². The van der Waals surface area contributed by atoms with E-state index in [1.54, 1.807) is 31.2 Å². The maximum absolute atomic E-state index is 12.9. The highest BCUT2D eigenvalue weighted by Gasteiger charge is 2.20. The number of aryl methyl sites for hydroxylation is 1. The van der Waals surface area contributed by atoms with E-state index in [-0.39, 0.29) is 11.7 Å². The second-order valence-electron chi connectivity index (χ2n) is 4.86. The highest BCUT2D eigenvalue weighted by molar-refractivity contribution is 6.00. The van der Waals surface area contributed by atoms with Crippen LogP contribution in [0.3, 0.4) is 0 Å². The molecule has 0 aliphatic heterocycles. The van der Waals surface area contributed by atoms with Crippen molar-refractivity contribution in [2.75, 3.05) is 0 Å². The van der Waals surface area contributed by atoms with Crippen molar-refractivity contribution in [1.82, 2.24) is 15.5 Å². The Balaban J connectivity index is 1.78. The number of hydrogen-bond acceptors (Lipinski definition) is 3. The first-order valence-corrected chi connectivity index (χ1v) is 6.76. The Labute approximate surface area is 126 Å². The number of nitrogens with zero attached hydrogens (tertiary/aromatic N) is 1. The lowest BCUT2D eigenvalue weighted by atomic mass is 10.1. The number of rotatable bonds is 4. The van der Waals surface area contributed by atoms with Crippen LogP contribution >= 0.6 is 0 Å². The Bertz CT molecular complexity index is 776. The summed E-state index contributed by atoms with van der Waals surface area (Å²) in [6.45, 7) is 2.08. The van der Waals surface area contributed by atoms with Gasteiger partial charge in [-0.25, -0.2) is 4.39 Å². The molecular weight excluding hydrogens is 285 g/mol. The van der Waals surface area contributed by atoms with Crippen molar-refractivity contribution < 1.29 is 13.6 Å². The highest BCUT2D eigenvalue weighted by atomic mass is 19.1. The third-order valence-corrected chi connectivity index (χ3v) is 3.30. The maximum atomic E-state index is 12.9. The molecule has 1 amide bonds. The largest absolute Gasteiger partial charge is 0.463 e. The van der Waals surface area contributed by atoms with Crippen LogP contribution in [0, 0.1) is 12.7 Å². The monoisotopic (exact) mass is 299 g/mol. The Kier molecular flexibility index (Phi) is 3.74. The van der Waals surface area contributed by atoms with Gasteiger partial charge in [0, 0.05) is 12.2 Å². The summed E-state index contributed by atoms with van der Waals surface area (Å²) in [7, 11) is 0. The van der Waals surface area contributed by atoms with Crippen LogP contribution in [0.2, 0.25) is 0 Å². The van der Waals surface area contributed by atoms with Gasteiger partial charge in [-0.3, -0.25) is 9.89 Å². The van der Waals surface area contributed by atoms with E-state index < -0.39 is 0 Å². The van der Waals surface area contributed by atoms with Gasteiger partial charge in [0.25, 0.3) is 5.91 Å². The van der Waals surface area contributed by atoms with Gasteiger partial charge in [-0.05, 0) is 36.8 Å². The van der Waals surface area contributed by atoms with Crippen molar-refractivity contribution in [3.63, 3.8) is 0 Å². The molecule has 0 aliphatic carbocycles. The van der Waals surface area contributed by atoms with Gasteiger partial charge in [-0.2, -0.15) is 5.10 Å².